The molecule has 0 bridgehead atoms. The van der Waals surface area contributed by atoms with Crippen molar-refractivity contribution in [1.82, 2.24) is 0 Å². The Morgan fingerprint density at radius 2 is 2.00 bits per heavy atom. The van der Waals surface area contributed by atoms with Crippen LogP contribution in [-0.4, -0.2) is 19.5 Å². The highest BCUT2D eigenvalue weighted by Gasteiger charge is 2.55. The van der Waals surface area contributed by atoms with E-state index in [0.717, 1.165) is 25.9 Å². The van der Waals surface area contributed by atoms with Crippen LogP contribution in [0.2, 0.25) is 0 Å². The van der Waals surface area contributed by atoms with Gasteiger partial charge in [-0.25, -0.2) is 0 Å². The highest BCUT2D eigenvalue weighted by atomic mass is 16.5. The minimum atomic E-state index is -0.0366. The molecule has 0 radical (unpaired) electrons. The smallest absolute Gasteiger partial charge is 0.139 e. The van der Waals surface area contributed by atoms with Crippen LogP contribution >= 0.6 is 0 Å². The predicted molar refractivity (Wildman–Crippen MR) is 87.0 cm³/mol. The molecule has 0 unspecified atom stereocenters. The van der Waals surface area contributed by atoms with E-state index in [-0.39, 0.29) is 5.41 Å². The van der Waals surface area contributed by atoms with Crippen molar-refractivity contribution in [3.8, 4) is 0 Å². The monoisotopic (exact) mass is 298 g/mol. The lowest BCUT2D eigenvalue weighted by Crippen LogP contribution is -2.43. The van der Waals surface area contributed by atoms with Crippen LogP contribution in [0.15, 0.2) is 24.3 Å². The number of hydrogen-bond donors (Lipinski definition) is 0. The van der Waals surface area contributed by atoms with E-state index in [1.54, 1.807) is 12.7 Å². The summed E-state index contributed by atoms with van der Waals surface area (Å²) in [7, 11) is 1.80. The Labute approximate surface area is 133 Å². The fraction of sp³-hybridized carbons (Fsp3) is 0.650. The molecule has 0 spiro atoms. The predicted octanol–water partition coefficient (Wildman–Crippen LogP) is 4.30. The van der Waals surface area contributed by atoms with Crippen LogP contribution in [0.3, 0.4) is 0 Å². The van der Waals surface area contributed by atoms with Crippen molar-refractivity contribution < 1.29 is 9.53 Å². The minimum absolute atomic E-state index is 0.0366. The molecule has 3 aliphatic carbocycles. The highest BCUT2D eigenvalue weighted by molar-refractivity contribution is 5.87. The summed E-state index contributed by atoms with van der Waals surface area (Å²) in [5.74, 6) is 2.94. The molecule has 2 heteroatoms. The van der Waals surface area contributed by atoms with Crippen LogP contribution in [0.25, 0.3) is 0 Å². The molecular weight excluding hydrogens is 272 g/mol. The summed E-state index contributed by atoms with van der Waals surface area (Å²) in [5, 5.41) is 0. The molecular formula is C20H26O2. The van der Waals surface area contributed by atoms with E-state index >= 15 is 0 Å². The topological polar surface area (TPSA) is 26.3 Å². The third-order valence-corrected chi connectivity index (χ3v) is 6.91. The quantitative estimate of drug-likeness (QED) is 0.813. The Morgan fingerprint density at radius 3 is 2.77 bits per heavy atom. The number of methoxy groups -OCH3 is 1. The molecule has 2 fully saturated rings. The van der Waals surface area contributed by atoms with Crippen LogP contribution < -0.4 is 0 Å². The second-order valence-corrected chi connectivity index (χ2v) is 7.81. The van der Waals surface area contributed by atoms with Crippen molar-refractivity contribution in [3.05, 3.63) is 35.4 Å². The number of carbonyl (C=O) groups is 1. The third kappa shape index (κ3) is 1.93. The largest absolute Gasteiger partial charge is 0.384 e. The van der Waals surface area contributed by atoms with Gasteiger partial charge in [-0.3, -0.25) is 4.79 Å². The summed E-state index contributed by atoms with van der Waals surface area (Å²) in [6, 6.07) is 8.96. The Morgan fingerprint density at radius 1 is 1.23 bits per heavy atom. The van der Waals surface area contributed by atoms with E-state index in [1.165, 1.54) is 18.4 Å². The molecule has 1 aromatic carbocycles. The van der Waals surface area contributed by atoms with E-state index in [1.807, 2.05) is 0 Å². The van der Waals surface area contributed by atoms with Crippen LogP contribution in [-0.2, 0) is 9.53 Å². The SMILES string of the molecule is COC[C@H]1C[C@@H]2[C@H](CC[C@]3(C)C(=O)CC[C@@H]23)c2ccccc21. The Kier molecular flexibility index (Phi) is 3.41. The van der Waals surface area contributed by atoms with Gasteiger partial charge in [-0.05, 0) is 54.6 Å². The first-order chi connectivity index (χ1) is 10.6. The van der Waals surface area contributed by atoms with Gasteiger partial charge < -0.3 is 4.74 Å². The summed E-state index contributed by atoms with van der Waals surface area (Å²) < 4.78 is 5.51. The van der Waals surface area contributed by atoms with Crippen LogP contribution in [0.1, 0.15) is 62.0 Å². The van der Waals surface area contributed by atoms with Gasteiger partial charge in [0, 0.05) is 24.9 Å². The molecule has 0 N–H and O–H groups in total. The zero-order chi connectivity index (χ0) is 15.3. The number of rotatable bonds is 2. The van der Waals surface area contributed by atoms with Gasteiger partial charge in [0.1, 0.15) is 5.78 Å². The molecule has 1 aromatic rings. The molecule has 0 amide bonds. The van der Waals surface area contributed by atoms with Crippen LogP contribution in [0, 0.1) is 17.3 Å². The minimum Gasteiger partial charge on any atom is -0.384 e. The zero-order valence-corrected chi connectivity index (χ0v) is 13.7. The number of Topliss-reactive ketones (excluding diaryl/α,β-unsaturated/α-hetero) is 1. The van der Waals surface area contributed by atoms with E-state index in [9.17, 15) is 4.79 Å². The number of carbonyl (C=O) groups excluding carboxylic acids is 1. The lowest BCUT2D eigenvalue weighted by Gasteiger charge is -2.50. The second-order valence-electron chi connectivity index (χ2n) is 7.81. The molecule has 4 rings (SSSR count). The molecule has 0 aliphatic heterocycles. The van der Waals surface area contributed by atoms with Gasteiger partial charge in [-0.15, -0.1) is 0 Å². The molecule has 118 valence electrons. The summed E-state index contributed by atoms with van der Waals surface area (Å²) in [4.78, 5) is 12.4. The molecule has 22 heavy (non-hydrogen) atoms. The zero-order valence-electron chi connectivity index (χ0n) is 13.7. The van der Waals surface area contributed by atoms with Gasteiger partial charge in [-0.2, -0.15) is 0 Å². The number of ketones is 1. The van der Waals surface area contributed by atoms with Gasteiger partial charge >= 0.3 is 0 Å². The number of benzene rings is 1. The highest BCUT2D eigenvalue weighted by Crippen LogP contribution is 2.61. The summed E-state index contributed by atoms with van der Waals surface area (Å²) in [6.07, 6.45) is 5.38. The number of hydrogen-bond acceptors (Lipinski definition) is 2. The summed E-state index contributed by atoms with van der Waals surface area (Å²) >= 11 is 0. The Hall–Kier alpha value is -1.15. The van der Waals surface area contributed by atoms with Crippen molar-refractivity contribution in [3.63, 3.8) is 0 Å². The fourth-order valence-corrected chi connectivity index (χ4v) is 5.81. The summed E-state index contributed by atoms with van der Waals surface area (Å²) in [5.41, 5.74) is 3.01. The first-order valence-corrected chi connectivity index (χ1v) is 8.76. The van der Waals surface area contributed by atoms with Gasteiger partial charge in [0.25, 0.3) is 0 Å². The van der Waals surface area contributed by atoms with E-state index in [4.69, 9.17) is 4.74 Å². The number of ether oxygens (including phenoxy) is 1. The molecule has 5 atom stereocenters. The van der Waals surface area contributed by atoms with Crippen LogP contribution in [0.4, 0.5) is 0 Å². The lowest BCUT2D eigenvalue weighted by atomic mass is 9.54. The average Bonchev–Trinajstić information content (AvgIpc) is 2.84. The Bertz CT molecular complexity index is 593. The van der Waals surface area contributed by atoms with Gasteiger partial charge in [0.2, 0.25) is 0 Å². The van der Waals surface area contributed by atoms with Crippen molar-refractivity contribution >= 4 is 5.78 Å². The van der Waals surface area contributed by atoms with Crippen molar-refractivity contribution in [1.29, 1.82) is 0 Å². The van der Waals surface area contributed by atoms with E-state index in [0.29, 0.717) is 29.5 Å². The van der Waals surface area contributed by atoms with E-state index in [2.05, 4.69) is 31.2 Å². The molecule has 0 heterocycles. The number of fused-ring (bicyclic) bond motifs is 5. The van der Waals surface area contributed by atoms with Crippen molar-refractivity contribution in [2.45, 2.75) is 50.9 Å². The molecule has 2 saturated carbocycles. The van der Waals surface area contributed by atoms with Gasteiger partial charge in [0.15, 0.2) is 0 Å². The van der Waals surface area contributed by atoms with Crippen LogP contribution in [0.5, 0.6) is 0 Å². The van der Waals surface area contributed by atoms with Gasteiger partial charge in [-0.1, -0.05) is 31.2 Å². The maximum absolute atomic E-state index is 12.4. The van der Waals surface area contributed by atoms with Crippen molar-refractivity contribution in [2.75, 3.05) is 13.7 Å². The first kappa shape index (κ1) is 14.4. The van der Waals surface area contributed by atoms with Gasteiger partial charge in [0.05, 0.1) is 6.61 Å². The molecule has 3 aliphatic rings. The maximum Gasteiger partial charge on any atom is 0.139 e. The maximum atomic E-state index is 12.4. The molecule has 0 aromatic heterocycles. The van der Waals surface area contributed by atoms with Crippen molar-refractivity contribution in [2.24, 2.45) is 17.3 Å². The normalized spacial score (nSPS) is 40.0. The average molecular weight is 298 g/mol. The van der Waals surface area contributed by atoms with E-state index < -0.39 is 0 Å². The second kappa shape index (κ2) is 5.19. The third-order valence-electron chi connectivity index (χ3n) is 6.91. The standard InChI is InChI=1S/C20H26O2/c1-20-10-9-16-15-6-4-3-5-14(15)13(12-22-2)11-17(16)18(20)7-8-19(20)21/h3-6,13,16-18H,7-12H2,1-2H3/t13-,16-,17-,18+,20+/m1/s1. The Balaban J connectivity index is 1.74. The summed E-state index contributed by atoms with van der Waals surface area (Å²) in [6.45, 7) is 3.05. The molecule has 0 saturated heterocycles. The lowest BCUT2D eigenvalue weighted by molar-refractivity contribution is -0.129. The first-order valence-electron chi connectivity index (χ1n) is 8.76. The fourth-order valence-electron chi connectivity index (χ4n) is 5.81. The molecule has 2 nitrogen and oxygen atoms in total.